The number of hydrogen-bond donors (Lipinski definition) is 2. The first-order valence-electron chi connectivity index (χ1n) is 7.57. The molecule has 0 radical (unpaired) electrons. The Morgan fingerprint density at radius 2 is 1.57 bits per heavy atom. The molecule has 5 nitrogen and oxygen atoms in total. The quantitative estimate of drug-likeness (QED) is 0.824. The van der Waals surface area contributed by atoms with E-state index in [4.69, 9.17) is 4.74 Å². The SMILES string of the molecule is CCCC(=O)NCC(=O)Nc1ccc(Oc2ccccc2)cc1. The molecule has 0 bridgehead atoms. The molecule has 0 aliphatic heterocycles. The molecule has 5 heteroatoms. The smallest absolute Gasteiger partial charge is 0.243 e. The highest BCUT2D eigenvalue weighted by Crippen LogP contribution is 2.22. The van der Waals surface area contributed by atoms with Crippen LogP contribution >= 0.6 is 0 Å². The van der Waals surface area contributed by atoms with Gasteiger partial charge in [-0.2, -0.15) is 0 Å². The minimum Gasteiger partial charge on any atom is -0.457 e. The molecule has 2 aromatic carbocycles. The Kier molecular flexibility index (Phi) is 6.17. The summed E-state index contributed by atoms with van der Waals surface area (Å²) in [5.41, 5.74) is 0.653. The van der Waals surface area contributed by atoms with Crippen LogP contribution in [-0.4, -0.2) is 18.4 Å². The Hall–Kier alpha value is -2.82. The first-order chi connectivity index (χ1) is 11.2. The highest BCUT2D eigenvalue weighted by atomic mass is 16.5. The predicted molar refractivity (Wildman–Crippen MR) is 89.5 cm³/mol. The highest BCUT2D eigenvalue weighted by Gasteiger charge is 2.05. The fourth-order valence-corrected chi connectivity index (χ4v) is 1.93. The number of amides is 2. The summed E-state index contributed by atoms with van der Waals surface area (Å²) in [6, 6.07) is 16.5. The van der Waals surface area contributed by atoms with E-state index in [2.05, 4.69) is 10.6 Å². The van der Waals surface area contributed by atoms with Gasteiger partial charge in [-0.3, -0.25) is 9.59 Å². The molecule has 0 fully saturated rings. The summed E-state index contributed by atoms with van der Waals surface area (Å²) in [7, 11) is 0. The van der Waals surface area contributed by atoms with E-state index in [0.29, 0.717) is 17.9 Å². The van der Waals surface area contributed by atoms with Gasteiger partial charge in [0.05, 0.1) is 6.54 Å². The van der Waals surface area contributed by atoms with Crippen molar-refractivity contribution in [3.05, 3.63) is 54.6 Å². The topological polar surface area (TPSA) is 67.4 Å². The number of carbonyl (C=O) groups excluding carboxylic acids is 2. The minimum atomic E-state index is -0.258. The lowest BCUT2D eigenvalue weighted by atomic mass is 10.3. The van der Waals surface area contributed by atoms with Crippen LogP contribution in [0, 0.1) is 0 Å². The zero-order valence-corrected chi connectivity index (χ0v) is 13.0. The van der Waals surface area contributed by atoms with E-state index in [1.165, 1.54) is 0 Å². The third-order valence-corrected chi connectivity index (χ3v) is 3.04. The number of rotatable bonds is 7. The summed E-state index contributed by atoms with van der Waals surface area (Å²) in [6.45, 7) is 1.89. The standard InChI is InChI=1S/C18H20N2O3/c1-2-6-17(21)19-13-18(22)20-14-9-11-16(12-10-14)23-15-7-4-3-5-8-15/h3-5,7-12H,2,6,13H2,1H3,(H,19,21)(H,20,22). The summed E-state index contributed by atoms with van der Waals surface area (Å²) in [5, 5.41) is 5.29. The van der Waals surface area contributed by atoms with Gasteiger partial charge in [-0.05, 0) is 42.8 Å². The average molecular weight is 312 g/mol. The van der Waals surface area contributed by atoms with Crippen LogP contribution in [0.4, 0.5) is 5.69 Å². The predicted octanol–water partition coefficient (Wildman–Crippen LogP) is 3.33. The minimum absolute atomic E-state index is 0.0267. The number of ether oxygens (including phenoxy) is 1. The molecule has 120 valence electrons. The van der Waals surface area contributed by atoms with Gasteiger partial charge in [-0.25, -0.2) is 0 Å². The van der Waals surface area contributed by atoms with Crippen LogP contribution in [0.3, 0.4) is 0 Å². The average Bonchev–Trinajstić information content (AvgIpc) is 2.56. The second-order valence-corrected chi connectivity index (χ2v) is 5.01. The molecule has 0 spiro atoms. The van der Waals surface area contributed by atoms with Crippen LogP contribution in [0.25, 0.3) is 0 Å². The van der Waals surface area contributed by atoms with Crippen molar-refractivity contribution in [1.29, 1.82) is 0 Å². The van der Waals surface area contributed by atoms with E-state index < -0.39 is 0 Å². The molecule has 2 N–H and O–H groups in total. The van der Waals surface area contributed by atoms with E-state index in [1.807, 2.05) is 37.3 Å². The fourth-order valence-electron chi connectivity index (χ4n) is 1.93. The number of nitrogens with one attached hydrogen (secondary N) is 2. The molecule has 23 heavy (non-hydrogen) atoms. The van der Waals surface area contributed by atoms with Crippen molar-refractivity contribution in [2.75, 3.05) is 11.9 Å². The molecule has 2 rings (SSSR count). The lowest BCUT2D eigenvalue weighted by Gasteiger charge is -2.08. The van der Waals surface area contributed by atoms with Crippen LogP contribution in [0.1, 0.15) is 19.8 Å². The number of para-hydroxylation sites is 1. The summed E-state index contributed by atoms with van der Waals surface area (Å²) >= 11 is 0. The van der Waals surface area contributed by atoms with Crippen molar-refractivity contribution >= 4 is 17.5 Å². The first-order valence-corrected chi connectivity index (χ1v) is 7.57. The van der Waals surface area contributed by atoms with E-state index in [9.17, 15) is 9.59 Å². The largest absolute Gasteiger partial charge is 0.457 e. The van der Waals surface area contributed by atoms with E-state index in [-0.39, 0.29) is 18.4 Å². The lowest BCUT2D eigenvalue weighted by Crippen LogP contribution is -2.32. The van der Waals surface area contributed by atoms with Gasteiger partial charge in [-0.1, -0.05) is 25.1 Å². The van der Waals surface area contributed by atoms with Crippen LogP contribution in [-0.2, 0) is 9.59 Å². The number of benzene rings is 2. The first kappa shape index (κ1) is 16.5. The van der Waals surface area contributed by atoms with Crippen molar-refractivity contribution in [2.24, 2.45) is 0 Å². The molecule has 0 unspecified atom stereocenters. The number of hydrogen-bond acceptors (Lipinski definition) is 3. The Bertz CT molecular complexity index is 639. The molecule has 0 saturated heterocycles. The monoisotopic (exact) mass is 312 g/mol. The Labute approximate surface area is 135 Å². The van der Waals surface area contributed by atoms with Gasteiger partial charge in [-0.15, -0.1) is 0 Å². The molecule has 0 saturated carbocycles. The van der Waals surface area contributed by atoms with Crippen molar-refractivity contribution < 1.29 is 14.3 Å². The maximum absolute atomic E-state index is 11.7. The zero-order chi connectivity index (χ0) is 16.5. The highest BCUT2D eigenvalue weighted by molar-refractivity contribution is 5.94. The van der Waals surface area contributed by atoms with Gasteiger partial charge in [0.1, 0.15) is 11.5 Å². The molecule has 0 aliphatic carbocycles. The van der Waals surface area contributed by atoms with Crippen LogP contribution in [0.2, 0.25) is 0 Å². The fraction of sp³-hybridized carbons (Fsp3) is 0.222. The molecule has 0 aliphatic rings. The summed E-state index contributed by atoms with van der Waals surface area (Å²) < 4.78 is 5.67. The second-order valence-electron chi connectivity index (χ2n) is 5.01. The summed E-state index contributed by atoms with van der Waals surface area (Å²) in [6.07, 6.45) is 1.19. The second kappa shape index (κ2) is 8.58. The van der Waals surface area contributed by atoms with Gasteiger partial charge in [0, 0.05) is 12.1 Å². The zero-order valence-electron chi connectivity index (χ0n) is 13.0. The van der Waals surface area contributed by atoms with Gasteiger partial charge >= 0.3 is 0 Å². The number of carbonyl (C=O) groups is 2. The Morgan fingerprint density at radius 3 is 2.22 bits per heavy atom. The third kappa shape index (κ3) is 5.82. The van der Waals surface area contributed by atoms with Crippen molar-refractivity contribution in [3.8, 4) is 11.5 Å². The van der Waals surface area contributed by atoms with Crippen molar-refractivity contribution in [1.82, 2.24) is 5.32 Å². The van der Waals surface area contributed by atoms with Gasteiger partial charge < -0.3 is 15.4 Å². The van der Waals surface area contributed by atoms with Gasteiger partial charge in [0.2, 0.25) is 11.8 Å². The van der Waals surface area contributed by atoms with E-state index >= 15 is 0 Å². The van der Waals surface area contributed by atoms with Crippen molar-refractivity contribution in [3.63, 3.8) is 0 Å². The molecule has 2 aromatic rings. The summed E-state index contributed by atoms with van der Waals surface area (Å²) in [5.74, 6) is 1.06. The molecule has 2 amide bonds. The maximum Gasteiger partial charge on any atom is 0.243 e. The summed E-state index contributed by atoms with van der Waals surface area (Å²) in [4.78, 5) is 23.1. The molecular formula is C18H20N2O3. The normalized spacial score (nSPS) is 9.96. The van der Waals surface area contributed by atoms with Crippen LogP contribution in [0.5, 0.6) is 11.5 Å². The molecule has 0 aromatic heterocycles. The number of anilines is 1. The molecular weight excluding hydrogens is 292 g/mol. The van der Waals surface area contributed by atoms with Gasteiger partial charge in [0.15, 0.2) is 0 Å². The Balaban J connectivity index is 1.82. The molecule has 0 atom stereocenters. The van der Waals surface area contributed by atoms with Crippen LogP contribution < -0.4 is 15.4 Å². The molecule has 0 heterocycles. The Morgan fingerprint density at radius 1 is 0.913 bits per heavy atom. The van der Waals surface area contributed by atoms with Crippen LogP contribution in [0.15, 0.2) is 54.6 Å². The van der Waals surface area contributed by atoms with E-state index in [0.717, 1.165) is 12.2 Å². The van der Waals surface area contributed by atoms with E-state index in [1.54, 1.807) is 24.3 Å². The third-order valence-electron chi connectivity index (χ3n) is 3.04. The lowest BCUT2D eigenvalue weighted by molar-refractivity contribution is -0.124. The van der Waals surface area contributed by atoms with Gasteiger partial charge in [0.25, 0.3) is 0 Å². The van der Waals surface area contributed by atoms with Crippen molar-refractivity contribution in [2.45, 2.75) is 19.8 Å². The maximum atomic E-state index is 11.7.